The number of ether oxygens (including phenoxy) is 1. The second-order valence-electron chi connectivity index (χ2n) is 6.88. The van der Waals surface area contributed by atoms with Crippen molar-refractivity contribution in [2.75, 3.05) is 6.61 Å². The molecule has 0 saturated carbocycles. The first-order valence-electron chi connectivity index (χ1n) is 9.61. The second kappa shape index (κ2) is 8.60. The molecule has 1 atom stereocenters. The Balaban J connectivity index is 1.66. The minimum Gasteiger partial charge on any atom is -0.462 e. The number of fused-ring (bicyclic) bond motifs is 1. The van der Waals surface area contributed by atoms with Gasteiger partial charge in [0, 0.05) is 0 Å². The summed E-state index contributed by atoms with van der Waals surface area (Å²) in [7, 11) is 0. The van der Waals surface area contributed by atoms with E-state index in [4.69, 9.17) is 4.74 Å². The molecule has 0 fully saturated rings. The third kappa shape index (κ3) is 4.10. The van der Waals surface area contributed by atoms with Gasteiger partial charge in [0.25, 0.3) is 5.56 Å². The number of aryl methyl sites for hydroxylation is 2. The minimum atomic E-state index is -0.441. The molecule has 0 aliphatic carbocycles. The highest BCUT2D eigenvalue weighted by molar-refractivity contribution is 7.99. The minimum absolute atomic E-state index is 0.235. The molecule has 1 aromatic carbocycles. The highest BCUT2D eigenvalue weighted by atomic mass is 32.2. The molecule has 3 heterocycles. The Labute approximate surface area is 185 Å². The van der Waals surface area contributed by atoms with E-state index in [0.717, 1.165) is 11.3 Å². The molecule has 0 amide bonds. The largest absolute Gasteiger partial charge is 0.462 e. The smallest absolute Gasteiger partial charge is 0.348 e. The lowest BCUT2D eigenvalue weighted by Gasteiger charge is -2.10. The van der Waals surface area contributed by atoms with Gasteiger partial charge < -0.3 is 9.72 Å². The summed E-state index contributed by atoms with van der Waals surface area (Å²) in [5, 5.41) is 12.7. The average molecular weight is 457 g/mol. The summed E-state index contributed by atoms with van der Waals surface area (Å²) >= 11 is 2.55. The van der Waals surface area contributed by atoms with Crippen molar-refractivity contribution in [3.05, 3.63) is 56.4 Å². The lowest BCUT2D eigenvalue weighted by Crippen LogP contribution is -2.13. The van der Waals surface area contributed by atoms with Gasteiger partial charge in [-0.2, -0.15) is 4.68 Å². The molecule has 0 bridgehead atoms. The van der Waals surface area contributed by atoms with Crippen LogP contribution in [0.1, 0.15) is 45.7 Å². The Bertz CT molecular complexity index is 1310. The molecule has 0 radical (unpaired) electrons. The van der Waals surface area contributed by atoms with Crippen LogP contribution < -0.4 is 5.56 Å². The first-order valence-corrected chi connectivity index (χ1v) is 11.3. The average Bonchev–Trinajstić information content (AvgIpc) is 3.33. The Hall–Kier alpha value is -3.05. The number of hydrogen-bond acceptors (Lipinski definition) is 9. The molecule has 0 saturated heterocycles. The normalized spacial score (nSPS) is 12.3. The maximum absolute atomic E-state index is 12.7. The molecule has 9 nitrogen and oxygen atoms in total. The van der Waals surface area contributed by atoms with Crippen molar-refractivity contribution in [2.45, 2.75) is 38.1 Å². The van der Waals surface area contributed by atoms with Crippen LogP contribution in [-0.4, -0.2) is 42.8 Å². The topological polar surface area (TPSA) is 116 Å². The van der Waals surface area contributed by atoms with Gasteiger partial charge in [-0.3, -0.25) is 4.79 Å². The van der Waals surface area contributed by atoms with Gasteiger partial charge in [-0.15, -0.1) is 16.4 Å². The fourth-order valence-electron chi connectivity index (χ4n) is 3.06. The number of aromatic amines is 1. The van der Waals surface area contributed by atoms with Crippen LogP contribution in [0.2, 0.25) is 0 Å². The predicted octanol–water partition coefficient (Wildman–Crippen LogP) is 3.61. The fourth-order valence-corrected chi connectivity index (χ4v) is 5.01. The van der Waals surface area contributed by atoms with E-state index in [1.807, 2.05) is 38.1 Å². The van der Waals surface area contributed by atoms with Crippen LogP contribution >= 0.6 is 23.1 Å². The summed E-state index contributed by atoms with van der Waals surface area (Å²) in [6, 6.07) is 7.86. The van der Waals surface area contributed by atoms with E-state index in [-0.39, 0.29) is 17.4 Å². The van der Waals surface area contributed by atoms with Gasteiger partial charge in [0.2, 0.25) is 5.16 Å². The summed E-state index contributed by atoms with van der Waals surface area (Å²) in [4.78, 5) is 33.3. The van der Waals surface area contributed by atoms with Gasteiger partial charge in [0.05, 0.1) is 22.9 Å². The molecule has 160 valence electrons. The number of hydrogen-bond donors (Lipinski definition) is 1. The lowest BCUT2D eigenvalue weighted by atomic mass is 10.2. The van der Waals surface area contributed by atoms with Crippen molar-refractivity contribution < 1.29 is 9.53 Å². The van der Waals surface area contributed by atoms with Crippen molar-refractivity contribution in [2.24, 2.45) is 0 Å². The molecule has 1 unspecified atom stereocenters. The summed E-state index contributed by atoms with van der Waals surface area (Å²) in [5.74, 6) is 0.0428. The van der Waals surface area contributed by atoms with E-state index in [1.54, 1.807) is 18.5 Å². The lowest BCUT2D eigenvalue weighted by molar-refractivity contribution is 0.0531. The number of rotatable bonds is 6. The summed E-state index contributed by atoms with van der Waals surface area (Å²) in [5.41, 5.74) is 2.29. The number of thioether (sulfide) groups is 1. The van der Waals surface area contributed by atoms with E-state index in [0.29, 0.717) is 31.6 Å². The Morgan fingerprint density at radius 2 is 2.03 bits per heavy atom. The Morgan fingerprint density at radius 1 is 1.29 bits per heavy atom. The maximum atomic E-state index is 12.7. The third-order valence-electron chi connectivity index (χ3n) is 4.67. The van der Waals surface area contributed by atoms with Crippen LogP contribution in [0.4, 0.5) is 0 Å². The van der Waals surface area contributed by atoms with Crippen LogP contribution in [0.5, 0.6) is 0 Å². The number of H-pyrrole nitrogens is 1. The highest BCUT2D eigenvalue weighted by Crippen LogP contribution is 2.34. The van der Waals surface area contributed by atoms with Crippen LogP contribution in [0.3, 0.4) is 0 Å². The molecule has 1 N–H and O–H groups in total. The van der Waals surface area contributed by atoms with E-state index in [9.17, 15) is 9.59 Å². The second-order valence-corrected chi connectivity index (χ2v) is 9.18. The molecule has 0 spiro atoms. The van der Waals surface area contributed by atoms with Gasteiger partial charge in [0.1, 0.15) is 15.5 Å². The number of thiophene rings is 1. The van der Waals surface area contributed by atoms with Gasteiger partial charge in [-0.1, -0.05) is 29.5 Å². The zero-order chi connectivity index (χ0) is 22.1. The molecule has 0 aliphatic heterocycles. The number of carbonyl (C=O) groups is 1. The molecule has 4 aromatic rings. The number of esters is 1. The number of aromatic nitrogens is 6. The predicted molar refractivity (Wildman–Crippen MR) is 119 cm³/mol. The molecule has 0 aliphatic rings. The van der Waals surface area contributed by atoms with E-state index in [1.165, 1.54) is 23.1 Å². The SMILES string of the molecule is CCOC(=O)c1sc2nc(C(C)Sc3nnnn3-c3ccc(C)cc3)[nH]c(=O)c2c1C. The zero-order valence-electron chi connectivity index (χ0n) is 17.4. The number of tetrazole rings is 1. The first-order chi connectivity index (χ1) is 14.9. The van der Waals surface area contributed by atoms with E-state index in [2.05, 4.69) is 25.5 Å². The number of nitrogens with zero attached hydrogens (tertiary/aromatic N) is 5. The Morgan fingerprint density at radius 3 is 2.74 bits per heavy atom. The van der Waals surface area contributed by atoms with E-state index < -0.39 is 5.97 Å². The number of nitrogens with one attached hydrogen (secondary N) is 1. The molecule has 4 rings (SSSR count). The van der Waals surface area contributed by atoms with Crippen molar-refractivity contribution in [1.82, 2.24) is 30.2 Å². The monoisotopic (exact) mass is 456 g/mol. The summed E-state index contributed by atoms with van der Waals surface area (Å²) < 4.78 is 6.74. The van der Waals surface area contributed by atoms with Crippen LogP contribution in [0.25, 0.3) is 15.9 Å². The zero-order valence-corrected chi connectivity index (χ0v) is 19.0. The molecule has 31 heavy (non-hydrogen) atoms. The first kappa shape index (κ1) is 21.2. The van der Waals surface area contributed by atoms with Crippen LogP contribution in [-0.2, 0) is 4.74 Å². The fraction of sp³-hybridized carbons (Fsp3) is 0.300. The molecule has 3 aromatic heterocycles. The summed E-state index contributed by atoms with van der Waals surface area (Å²) in [6.45, 7) is 7.67. The van der Waals surface area contributed by atoms with E-state index >= 15 is 0 Å². The van der Waals surface area contributed by atoms with Crippen LogP contribution in [0, 0.1) is 13.8 Å². The van der Waals surface area contributed by atoms with Crippen molar-refractivity contribution in [3.8, 4) is 5.69 Å². The van der Waals surface area contributed by atoms with Gasteiger partial charge >= 0.3 is 5.97 Å². The molecular weight excluding hydrogens is 436 g/mol. The third-order valence-corrected chi connectivity index (χ3v) is 6.87. The standard InChI is InChI=1S/C20H20N6O3S2/c1-5-29-19(28)15-11(3)14-17(27)21-16(22-18(14)31-15)12(4)30-20-23-24-25-26(20)13-8-6-10(2)7-9-13/h6-9,12H,5H2,1-4H3,(H,21,22,27). The van der Waals surface area contributed by atoms with Gasteiger partial charge in [-0.05, 0) is 55.8 Å². The van der Waals surface area contributed by atoms with Gasteiger partial charge in [-0.25, -0.2) is 9.78 Å². The molecule has 11 heteroatoms. The number of carbonyl (C=O) groups excluding carboxylic acids is 1. The maximum Gasteiger partial charge on any atom is 0.348 e. The highest BCUT2D eigenvalue weighted by Gasteiger charge is 2.22. The van der Waals surface area contributed by atoms with Crippen molar-refractivity contribution in [3.63, 3.8) is 0 Å². The number of benzene rings is 1. The quantitative estimate of drug-likeness (QED) is 0.346. The molecular formula is C20H20N6O3S2. The van der Waals surface area contributed by atoms with Crippen molar-refractivity contribution >= 4 is 39.3 Å². The van der Waals surface area contributed by atoms with Gasteiger partial charge in [0.15, 0.2) is 0 Å². The van der Waals surface area contributed by atoms with Crippen LogP contribution in [0.15, 0.2) is 34.2 Å². The van der Waals surface area contributed by atoms with Crippen molar-refractivity contribution in [1.29, 1.82) is 0 Å². The summed E-state index contributed by atoms with van der Waals surface area (Å²) in [6.07, 6.45) is 0. The Kier molecular flexibility index (Phi) is 5.88.